The number of ketones is 2. The lowest BCUT2D eigenvalue weighted by molar-refractivity contribution is -0.153. The summed E-state index contributed by atoms with van der Waals surface area (Å²) in [6.07, 6.45) is 2.60. The fourth-order valence-corrected chi connectivity index (χ4v) is 6.74. The molecule has 4 atom stereocenters. The molecule has 40 heavy (non-hydrogen) atoms. The minimum absolute atomic E-state index is 0.0622. The molecule has 10 nitrogen and oxygen atoms in total. The molecule has 0 unspecified atom stereocenters. The van der Waals surface area contributed by atoms with E-state index in [0.717, 1.165) is 18.5 Å². The van der Waals surface area contributed by atoms with Gasteiger partial charge in [-0.2, -0.15) is 0 Å². The van der Waals surface area contributed by atoms with E-state index >= 15 is 0 Å². The molecule has 0 heterocycles. The monoisotopic (exact) mass is 555 g/mol. The van der Waals surface area contributed by atoms with Crippen LogP contribution in [0.1, 0.15) is 56.7 Å². The van der Waals surface area contributed by atoms with Gasteiger partial charge in [-0.15, -0.1) is 0 Å². The molecule has 218 valence electrons. The molecule has 0 radical (unpaired) electrons. The first-order valence-corrected chi connectivity index (χ1v) is 13.6. The van der Waals surface area contributed by atoms with Gasteiger partial charge in [0.05, 0.1) is 11.6 Å². The number of fused-ring (bicyclic) bond motifs is 3. The van der Waals surface area contributed by atoms with Gasteiger partial charge >= 0.3 is 0 Å². The summed E-state index contributed by atoms with van der Waals surface area (Å²) in [5.74, 6) is -6.40. The highest BCUT2D eigenvalue weighted by Gasteiger charge is 2.64. The summed E-state index contributed by atoms with van der Waals surface area (Å²) in [5, 5.41) is 45.7. The first-order chi connectivity index (χ1) is 18.4. The van der Waals surface area contributed by atoms with Crippen molar-refractivity contribution in [1.82, 2.24) is 4.90 Å². The Morgan fingerprint density at radius 1 is 1.12 bits per heavy atom. The third-order valence-electron chi connectivity index (χ3n) is 8.63. The zero-order valence-corrected chi connectivity index (χ0v) is 24.3. The smallest absolute Gasteiger partial charge is 0.255 e. The summed E-state index contributed by atoms with van der Waals surface area (Å²) in [6.45, 7) is 6.42. The van der Waals surface area contributed by atoms with Crippen LogP contribution in [0, 0.1) is 17.3 Å². The van der Waals surface area contributed by atoms with Crippen LogP contribution < -0.4 is 10.6 Å². The van der Waals surface area contributed by atoms with Crippen LogP contribution in [0.25, 0.3) is 5.76 Å². The fourth-order valence-electron chi connectivity index (χ4n) is 6.74. The SMILES string of the molecule is CN(C)c1cc(CCCC(C)(C)C)c(O)c2c1C[C@H]1C[C@H]3[C@H](N(C)C)C(=O)C(C(N)=O)=C(O)[C@@]3(O)C(=O)C1=C2O. The van der Waals surface area contributed by atoms with Crippen LogP contribution in [0.2, 0.25) is 0 Å². The lowest BCUT2D eigenvalue weighted by atomic mass is 9.57. The second-order valence-corrected chi connectivity index (χ2v) is 13.0. The van der Waals surface area contributed by atoms with E-state index in [1.165, 1.54) is 4.90 Å². The average molecular weight is 556 g/mol. The predicted molar refractivity (Wildman–Crippen MR) is 151 cm³/mol. The van der Waals surface area contributed by atoms with Gasteiger partial charge in [-0.05, 0) is 74.7 Å². The number of rotatable bonds is 6. The predicted octanol–water partition coefficient (Wildman–Crippen LogP) is 2.40. The number of phenolic OH excluding ortho intramolecular Hbond substituents is 1. The van der Waals surface area contributed by atoms with E-state index in [0.29, 0.717) is 17.5 Å². The van der Waals surface area contributed by atoms with Gasteiger partial charge < -0.3 is 31.1 Å². The number of aliphatic hydroxyl groups is 3. The van der Waals surface area contributed by atoms with Crippen LogP contribution >= 0.6 is 0 Å². The third-order valence-corrected chi connectivity index (χ3v) is 8.63. The zero-order valence-electron chi connectivity index (χ0n) is 24.3. The van der Waals surface area contributed by atoms with Crippen molar-refractivity contribution in [3.05, 3.63) is 39.7 Å². The lowest BCUT2D eigenvalue weighted by Crippen LogP contribution is -2.65. The molecular weight excluding hydrogens is 514 g/mol. The van der Waals surface area contributed by atoms with Gasteiger partial charge in [-0.1, -0.05) is 20.8 Å². The van der Waals surface area contributed by atoms with Crippen LogP contribution in [0.5, 0.6) is 5.75 Å². The number of hydrogen-bond donors (Lipinski definition) is 5. The number of aliphatic hydroxyl groups excluding tert-OH is 2. The van der Waals surface area contributed by atoms with Gasteiger partial charge in [-0.3, -0.25) is 19.3 Å². The standard InChI is InChI=1S/C30H41N3O7/c1-29(2,3)10-8-9-14-13-18(32(4)5)16-11-15-12-17-22(33(6)7)25(36)21(28(31)39)27(38)30(17,40)26(37)19(15)24(35)20(16)23(14)34/h13,15,17,22,34-35,38,40H,8-12H2,1-7H3,(H2,31,39)/t15-,17-,22-,30-/m0/s1. The Labute approximate surface area is 234 Å². The summed E-state index contributed by atoms with van der Waals surface area (Å²) in [4.78, 5) is 42.8. The maximum Gasteiger partial charge on any atom is 0.255 e. The van der Waals surface area contributed by atoms with Crippen molar-refractivity contribution >= 4 is 28.9 Å². The Bertz CT molecular complexity index is 1350. The molecule has 10 heteroatoms. The second-order valence-electron chi connectivity index (χ2n) is 13.0. The van der Waals surface area contributed by atoms with Crippen molar-refractivity contribution in [3.8, 4) is 5.75 Å². The molecule has 0 aliphatic heterocycles. The average Bonchev–Trinajstić information content (AvgIpc) is 2.81. The maximum absolute atomic E-state index is 14.1. The highest BCUT2D eigenvalue weighted by molar-refractivity contribution is 6.24. The van der Waals surface area contributed by atoms with E-state index in [1.807, 2.05) is 25.1 Å². The minimum atomic E-state index is -2.64. The topological polar surface area (TPSA) is 165 Å². The van der Waals surface area contributed by atoms with Gasteiger partial charge in [0.2, 0.25) is 5.78 Å². The van der Waals surface area contributed by atoms with Gasteiger partial charge in [0.15, 0.2) is 11.4 Å². The summed E-state index contributed by atoms with van der Waals surface area (Å²) < 4.78 is 0. The minimum Gasteiger partial charge on any atom is -0.508 e. The molecule has 1 aromatic rings. The number of nitrogens with two attached hydrogens (primary N) is 1. The number of amides is 1. The Kier molecular flexibility index (Phi) is 7.34. The van der Waals surface area contributed by atoms with Crippen molar-refractivity contribution < 1.29 is 34.8 Å². The number of primary amides is 1. The fraction of sp³-hybridized carbons (Fsp3) is 0.567. The van der Waals surface area contributed by atoms with E-state index in [9.17, 15) is 34.8 Å². The quantitative estimate of drug-likeness (QED) is 0.332. The highest BCUT2D eigenvalue weighted by Crippen LogP contribution is 2.54. The van der Waals surface area contributed by atoms with E-state index < -0.39 is 58.0 Å². The number of nitrogens with zero attached hydrogens (tertiary/aromatic N) is 2. The number of hydrogen-bond acceptors (Lipinski definition) is 9. The molecule has 0 aromatic heterocycles. The molecule has 6 N–H and O–H groups in total. The molecule has 0 spiro atoms. The number of Topliss-reactive ketones (excluding diaryl/α,β-unsaturated/α-hetero) is 2. The van der Waals surface area contributed by atoms with Gasteiger partial charge in [0.1, 0.15) is 22.8 Å². The molecule has 0 saturated heterocycles. The normalized spacial score (nSPS) is 26.6. The second kappa shape index (κ2) is 9.92. The van der Waals surface area contributed by atoms with Crippen LogP contribution in [-0.4, -0.2) is 82.6 Å². The first kappa shape index (κ1) is 29.6. The Morgan fingerprint density at radius 2 is 1.75 bits per heavy atom. The van der Waals surface area contributed by atoms with Gasteiger partial charge in [0.25, 0.3) is 5.91 Å². The van der Waals surface area contributed by atoms with Gasteiger partial charge in [0, 0.05) is 31.3 Å². The maximum atomic E-state index is 14.1. The van der Waals surface area contributed by atoms with Crippen LogP contribution in [-0.2, 0) is 27.2 Å². The number of anilines is 1. The first-order valence-electron chi connectivity index (χ1n) is 13.6. The van der Waals surface area contributed by atoms with Crippen LogP contribution in [0.4, 0.5) is 5.69 Å². The van der Waals surface area contributed by atoms with Crippen LogP contribution in [0.15, 0.2) is 23.0 Å². The summed E-state index contributed by atoms with van der Waals surface area (Å²) in [6, 6.07) is 0.806. The van der Waals surface area contributed by atoms with E-state index in [1.54, 1.807) is 14.1 Å². The Balaban J connectivity index is 1.91. The molecule has 1 saturated carbocycles. The third kappa shape index (κ3) is 4.47. The molecule has 1 amide bonds. The summed E-state index contributed by atoms with van der Waals surface area (Å²) in [7, 11) is 6.89. The Hall–Kier alpha value is -3.37. The summed E-state index contributed by atoms with van der Waals surface area (Å²) >= 11 is 0. The van der Waals surface area contributed by atoms with Crippen molar-refractivity contribution in [1.29, 1.82) is 0 Å². The molecule has 3 aliphatic carbocycles. The number of carbonyl (C=O) groups is 3. The number of likely N-dealkylation sites (N-methyl/N-ethyl adjacent to an activating group) is 1. The zero-order chi connectivity index (χ0) is 30.1. The van der Waals surface area contributed by atoms with Crippen molar-refractivity contribution in [2.24, 2.45) is 23.0 Å². The highest BCUT2D eigenvalue weighted by atomic mass is 16.3. The lowest BCUT2D eigenvalue weighted by Gasteiger charge is -2.50. The molecule has 4 rings (SSSR count). The van der Waals surface area contributed by atoms with E-state index in [2.05, 4.69) is 20.8 Å². The molecule has 0 bridgehead atoms. The van der Waals surface area contributed by atoms with Crippen molar-refractivity contribution in [3.63, 3.8) is 0 Å². The van der Waals surface area contributed by atoms with Crippen molar-refractivity contribution in [2.75, 3.05) is 33.1 Å². The van der Waals surface area contributed by atoms with E-state index in [-0.39, 0.29) is 35.1 Å². The Morgan fingerprint density at radius 3 is 2.27 bits per heavy atom. The molecule has 3 aliphatic rings. The van der Waals surface area contributed by atoms with E-state index in [4.69, 9.17) is 5.73 Å². The largest absolute Gasteiger partial charge is 0.508 e. The molecule has 1 fully saturated rings. The van der Waals surface area contributed by atoms with Crippen molar-refractivity contribution in [2.45, 2.75) is 64.5 Å². The number of carbonyl (C=O) groups excluding carboxylic acids is 3. The number of phenols is 1. The number of benzene rings is 1. The van der Waals surface area contributed by atoms with Gasteiger partial charge in [-0.25, -0.2) is 0 Å². The molecular formula is C30H41N3O7. The summed E-state index contributed by atoms with van der Waals surface area (Å²) in [5.41, 5.74) is 4.11. The molecule has 1 aromatic carbocycles. The number of aromatic hydroxyl groups is 1. The number of aryl methyl sites for hydroxylation is 1. The van der Waals surface area contributed by atoms with Crippen LogP contribution in [0.3, 0.4) is 0 Å².